The van der Waals surface area contributed by atoms with Gasteiger partial charge in [0, 0.05) is 32.6 Å². The average Bonchev–Trinajstić information content (AvgIpc) is 3.22. The number of likely N-dealkylation sites (N-methyl/N-ethyl adjacent to an activating group) is 1. The third-order valence-corrected chi connectivity index (χ3v) is 4.02. The molecule has 6 heteroatoms. The first-order valence-electron chi connectivity index (χ1n) is 7.28. The molecule has 1 saturated carbocycles. The molecule has 2 aliphatic rings. The van der Waals surface area contributed by atoms with Crippen LogP contribution in [0.15, 0.2) is 6.07 Å². The number of anilines is 2. The minimum absolute atomic E-state index is 0.0695. The monoisotopic (exact) mass is 275 g/mol. The van der Waals surface area contributed by atoms with Gasteiger partial charge in [-0.1, -0.05) is 0 Å². The van der Waals surface area contributed by atoms with Crippen LogP contribution in [0.3, 0.4) is 0 Å². The van der Waals surface area contributed by atoms with E-state index in [1.807, 2.05) is 13.1 Å². The van der Waals surface area contributed by atoms with Crippen molar-refractivity contribution in [3.05, 3.63) is 11.9 Å². The van der Waals surface area contributed by atoms with Gasteiger partial charge in [0.25, 0.3) is 0 Å². The smallest absolute Gasteiger partial charge is 0.242 e. The number of hydrogen-bond acceptors (Lipinski definition) is 5. The summed E-state index contributed by atoms with van der Waals surface area (Å²) < 4.78 is 0. The summed E-state index contributed by atoms with van der Waals surface area (Å²) in [5, 5.41) is 5.84. The number of aromatic nitrogens is 2. The highest BCUT2D eigenvalue weighted by Gasteiger charge is 2.33. The van der Waals surface area contributed by atoms with E-state index < -0.39 is 0 Å². The second-order valence-corrected chi connectivity index (χ2v) is 5.46. The fraction of sp³-hybridized carbons (Fsp3) is 0.643. The Labute approximate surface area is 119 Å². The zero-order valence-electron chi connectivity index (χ0n) is 12.0. The van der Waals surface area contributed by atoms with Crippen molar-refractivity contribution >= 4 is 17.5 Å². The van der Waals surface area contributed by atoms with Crippen LogP contribution in [0, 0.1) is 0 Å². The number of carbonyl (C=O) groups is 1. The highest BCUT2D eigenvalue weighted by Crippen LogP contribution is 2.39. The molecule has 1 aliphatic carbocycles. The Morgan fingerprint density at radius 2 is 2.10 bits per heavy atom. The summed E-state index contributed by atoms with van der Waals surface area (Å²) in [6.45, 7) is 0.877. The van der Waals surface area contributed by atoms with E-state index in [4.69, 9.17) is 0 Å². The number of carbonyl (C=O) groups excluding carboxylic acids is 1. The summed E-state index contributed by atoms with van der Waals surface area (Å²) in [4.78, 5) is 23.3. The summed E-state index contributed by atoms with van der Waals surface area (Å²) in [5.41, 5.74) is 0. The third-order valence-electron chi connectivity index (χ3n) is 4.02. The predicted molar refractivity (Wildman–Crippen MR) is 78.0 cm³/mol. The molecule has 20 heavy (non-hydrogen) atoms. The van der Waals surface area contributed by atoms with E-state index >= 15 is 0 Å². The summed E-state index contributed by atoms with van der Waals surface area (Å²) in [7, 11) is 3.55. The highest BCUT2D eigenvalue weighted by molar-refractivity contribution is 5.85. The SMILES string of the molecule is CNC(=O)C1CCCN1c1cc(NC)nc(C2CC2)n1. The fourth-order valence-electron chi connectivity index (χ4n) is 2.73. The van der Waals surface area contributed by atoms with Gasteiger partial charge in [0.05, 0.1) is 0 Å². The van der Waals surface area contributed by atoms with E-state index in [9.17, 15) is 4.79 Å². The van der Waals surface area contributed by atoms with Gasteiger partial charge in [-0.05, 0) is 25.7 Å². The van der Waals surface area contributed by atoms with E-state index in [1.165, 1.54) is 12.8 Å². The van der Waals surface area contributed by atoms with Crippen molar-refractivity contribution in [1.82, 2.24) is 15.3 Å². The van der Waals surface area contributed by atoms with Gasteiger partial charge in [-0.3, -0.25) is 4.79 Å². The van der Waals surface area contributed by atoms with Crippen molar-refractivity contribution in [2.45, 2.75) is 37.6 Å². The van der Waals surface area contributed by atoms with Crippen molar-refractivity contribution < 1.29 is 4.79 Å². The van der Waals surface area contributed by atoms with Gasteiger partial charge in [-0.25, -0.2) is 9.97 Å². The van der Waals surface area contributed by atoms with Crippen molar-refractivity contribution in [3.8, 4) is 0 Å². The Bertz CT molecular complexity index is 514. The number of nitrogens with one attached hydrogen (secondary N) is 2. The molecular formula is C14H21N5O. The average molecular weight is 275 g/mol. The Balaban J connectivity index is 1.91. The number of amides is 1. The number of nitrogens with zero attached hydrogens (tertiary/aromatic N) is 3. The predicted octanol–water partition coefficient (Wildman–Crippen LogP) is 1.11. The maximum absolute atomic E-state index is 12.0. The molecule has 0 bridgehead atoms. The van der Waals surface area contributed by atoms with Crippen LogP contribution in [0.5, 0.6) is 0 Å². The second-order valence-electron chi connectivity index (χ2n) is 5.46. The zero-order chi connectivity index (χ0) is 14.1. The molecule has 108 valence electrons. The normalized spacial score (nSPS) is 21.9. The van der Waals surface area contributed by atoms with E-state index in [0.29, 0.717) is 5.92 Å². The van der Waals surface area contributed by atoms with Crippen LogP contribution in [0.1, 0.15) is 37.4 Å². The molecule has 1 amide bonds. The van der Waals surface area contributed by atoms with Gasteiger partial charge < -0.3 is 15.5 Å². The Morgan fingerprint density at radius 3 is 2.75 bits per heavy atom. The molecule has 0 aromatic carbocycles. The summed E-state index contributed by atoms with van der Waals surface area (Å²) in [5.74, 6) is 3.19. The number of rotatable bonds is 4. The molecule has 1 atom stereocenters. The lowest BCUT2D eigenvalue weighted by Gasteiger charge is -2.25. The molecule has 1 unspecified atom stereocenters. The first kappa shape index (κ1) is 13.1. The molecule has 0 radical (unpaired) electrons. The lowest BCUT2D eigenvalue weighted by Crippen LogP contribution is -2.42. The van der Waals surface area contributed by atoms with Crippen LogP contribution in [0.25, 0.3) is 0 Å². The van der Waals surface area contributed by atoms with Gasteiger partial charge >= 0.3 is 0 Å². The lowest BCUT2D eigenvalue weighted by atomic mass is 10.2. The molecule has 3 rings (SSSR count). The maximum atomic E-state index is 12.0. The summed E-state index contributed by atoms with van der Waals surface area (Å²) in [6.07, 6.45) is 4.25. The van der Waals surface area contributed by atoms with Crippen LogP contribution in [0.4, 0.5) is 11.6 Å². The van der Waals surface area contributed by atoms with Gasteiger partial charge in [-0.15, -0.1) is 0 Å². The molecule has 0 spiro atoms. The van der Waals surface area contributed by atoms with Gasteiger partial charge in [0.2, 0.25) is 5.91 Å². The second kappa shape index (κ2) is 5.26. The van der Waals surface area contributed by atoms with Crippen LogP contribution in [-0.4, -0.2) is 42.6 Å². The molecule has 1 aromatic heterocycles. The molecule has 2 N–H and O–H groups in total. The number of hydrogen-bond donors (Lipinski definition) is 2. The molecular weight excluding hydrogens is 254 g/mol. The van der Waals surface area contributed by atoms with E-state index in [2.05, 4.69) is 25.5 Å². The van der Waals surface area contributed by atoms with Crippen LogP contribution in [0.2, 0.25) is 0 Å². The Kier molecular flexibility index (Phi) is 3.46. The molecule has 2 fully saturated rings. The summed E-state index contributed by atoms with van der Waals surface area (Å²) in [6, 6.07) is 1.83. The Hall–Kier alpha value is -1.85. The van der Waals surface area contributed by atoms with Crippen molar-refractivity contribution in [3.63, 3.8) is 0 Å². The van der Waals surface area contributed by atoms with Gasteiger partial charge in [0.15, 0.2) is 0 Å². The Morgan fingerprint density at radius 1 is 1.30 bits per heavy atom. The molecule has 6 nitrogen and oxygen atoms in total. The standard InChI is InChI=1S/C14H21N5O/c1-15-11-8-12(18-13(17-11)9-5-6-9)19-7-3-4-10(19)14(20)16-2/h8-10H,3-7H2,1-2H3,(H,16,20)(H,15,17,18). The van der Waals surface area contributed by atoms with E-state index in [1.54, 1.807) is 7.05 Å². The first-order valence-corrected chi connectivity index (χ1v) is 7.28. The van der Waals surface area contributed by atoms with Crippen molar-refractivity contribution in [2.75, 3.05) is 30.9 Å². The largest absolute Gasteiger partial charge is 0.373 e. The quantitative estimate of drug-likeness (QED) is 0.861. The van der Waals surface area contributed by atoms with Crippen LogP contribution < -0.4 is 15.5 Å². The molecule has 2 heterocycles. The third kappa shape index (κ3) is 2.42. The molecule has 1 aromatic rings. The van der Waals surface area contributed by atoms with Gasteiger partial charge in [0.1, 0.15) is 23.5 Å². The van der Waals surface area contributed by atoms with Crippen LogP contribution >= 0.6 is 0 Å². The topological polar surface area (TPSA) is 70.2 Å². The summed E-state index contributed by atoms with van der Waals surface area (Å²) >= 11 is 0. The minimum Gasteiger partial charge on any atom is -0.373 e. The maximum Gasteiger partial charge on any atom is 0.242 e. The molecule has 1 saturated heterocycles. The fourth-order valence-corrected chi connectivity index (χ4v) is 2.73. The van der Waals surface area contributed by atoms with Gasteiger partial charge in [-0.2, -0.15) is 0 Å². The zero-order valence-corrected chi connectivity index (χ0v) is 12.0. The van der Waals surface area contributed by atoms with Crippen molar-refractivity contribution in [1.29, 1.82) is 0 Å². The van der Waals surface area contributed by atoms with Crippen molar-refractivity contribution in [2.24, 2.45) is 0 Å². The minimum atomic E-state index is -0.105. The first-order chi connectivity index (χ1) is 9.72. The lowest BCUT2D eigenvalue weighted by molar-refractivity contribution is -0.121. The van der Waals surface area contributed by atoms with E-state index in [0.717, 1.165) is 36.8 Å². The van der Waals surface area contributed by atoms with Crippen LogP contribution in [-0.2, 0) is 4.79 Å². The van der Waals surface area contributed by atoms with E-state index in [-0.39, 0.29) is 11.9 Å². The molecule has 1 aliphatic heterocycles. The highest BCUT2D eigenvalue weighted by atomic mass is 16.2.